The number of aromatic amines is 1. The molecule has 0 spiro atoms. The van der Waals surface area contributed by atoms with E-state index in [1.165, 1.54) is 12.7 Å². The highest BCUT2D eigenvalue weighted by Crippen LogP contribution is 2.18. The molecule has 0 atom stereocenters. The van der Waals surface area contributed by atoms with Gasteiger partial charge in [0.1, 0.15) is 12.7 Å². The second-order valence-electron chi connectivity index (χ2n) is 3.10. The molecule has 2 aromatic heterocycles. The molecule has 1 N–H and O–H groups in total. The number of fused-ring (bicyclic) bond motifs is 1. The van der Waals surface area contributed by atoms with E-state index in [1.54, 1.807) is 6.33 Å². The van der Waals surface area contributed by atoms with E-state index in [0.717, 1.165) is 16.6 Å². The van der Waals surface area contributed by atoms with E-state index in [2.05, 4.69) is 24.9 Å². The molecule has 0 aliphatic rings. The van der Waals surface area contributed by atoms with Crippen LogP contribution in [0, 0.1) is 0 Å². The van der Waals surface area contributed by atoms with Crippen LogP contribution >= 0.6 is 0 Å². The zero-order chi connectivity index (χ0) is 10.1. The number of nitrogens with one attached hydrogen (secondary N) is 1. The van der Waals surface area contributed by atoms with Crippen LogP contribution in [0.2, 0.25) is 0 Å². The predicted molar refractivity (Wildman–Crippen MR) is 54.9 cm³/mol. The summed E-state index contributed by atoms with van der Waals surface area (Å²) in [6.07, 6.45) is 4.64. The first-order valence-electron chi connectivity index (χ1n) is 4.49. The van der Waals surface area contributed by atoms with Gasteiger partial charge in [-0.3, -0.25) is 0 Å². The first kappa shape index (κ1) is 8.05. The lowest BCUT2D eigenvalue weighted by atomic mass is 10.2. The fourth-order valence-electron chi connectivity index (χ4n) is 1.46. The van der Waals surface area contributed by atoms with Crippen molar-refractivity contribution in [3.05, 3.63) is 37.2 Å². The molecular formula is C10H7N5. The number of H-pyrrole nitrogens is 1. The van der Waals surface area contributed by atoms with Crippen LogP contribution in [-0.2, 0) is 0 Å². The number of benzene rings is 1. The van der Waals surface area contributed by atoms with Gasteiger partial charge in [-0.15, -0.1) is 0 Å². The van der Waals surface area contributed by atoms with Gasteiger partial charge in [-0.25, -0.2) is 19.9 Å². The van der Waals surface area contributed by atoms with Crippen molar-refractivity contribution in [3.8, 4) is 11.4 Å². The van der Waals surface area contributed by atoms with Gasteiger partial charge in [-0.1, -0.05) is 0 Å². The first-order valence-corrected chi connectivity index (χ1v) is 4.49. The summed E-state index contributed by atoms with van der Waals surface area (Å²) >= 11 is 0. The predicted octanol–water partition coefficient (Wildman–Crippen LogP) is 1.41. The maximum atomic E-state index is 4.14. The molecule has 72 valence electrons. The number of hydrogen-bond donors (Lipinski definition) is 1. The molecule has 5 nitrogen and oxygen atoms in total. The van der Waals surface area contributed by atoms with Gasteiger partial charge >= 0.3 is 0 Å². The number of rotatable bonds is 1. The van der Waals surface area contributed by atoms with Gasteiger partial charge in [0, 0.05) is 5.56 Å². The summed E-state index contributed by atoms with van der Waals surface area (Å²) in [5, 5.41) is 0. The Morgan fingerprint density at radius 2 is 1.87 bits per heavy atom. The Hall–Kier alpha value is -2.30. The van der Waals surface area contributed by atoms with Crippen LogP contribution in [0.4, 0.5) is 0 Å². The number of hydrogen-bond acceptors (Lipinski definition) is 4. The van der Waals surface area contributed by atoms with Gasteiger partial charge in [0.2, 0.25) is 0 Å². The molecule has 0 amide bonds. The molecule has 0 saturated heterocycles. The van der Waals surface area contributed by atoms with Crippen LogP contribution in [0.5, 0.6) is 0 Å². The van der Waals surface area contributed by atoms with Crippen molar-refractivity contribution in [1.29, 1.82) is 0 Å². The minimum Gasteiger partial charge on any atom is -0.345 e. The summed E-state index contributed by atoms with van der Waals surface area (Å²) in [6, 6.07) is 5.85. The normalized spacial score (nSPS) is 10.7. The van der Waals surface area contributed by atoms with Gasteiger partial charge < -0.3 is 4.98 Å². The lowest BCUT2D eigenvalue weighted by molar-refractivity contribution is 1.06. The first-order chi connectivity index (χ1) is 7.43. The Labute approximate surface area is 85.3 Å². The van der Waals surface area contributed by atoms with E-state index in [9.17, 15) is 0 Å². The minimum absolute atomic E-state index is 0.668. The van der Waals surface area contributed by atoms with Crippen LogP contribution < -0.4 is 0 Å². The van der Waals surface area contributed by atoms with Crippen LogP contribution in [0.3, 0.4) is 0 Å². The third-order valence-electron chi connectivity index (χ3n) is 2.17. The summed E-state index contributed by atoms with van der Waals surface area (Å²) in [4.78, 5) is 19.1. The molecule has 1 aromatic carbocycles. The van der Waals surface area contributed by atoms with Crippen LogP contribution in [0.1, 0.15) is 0 Å². The smallest absolute Gasteiger partial charge is 0.162 e. The van der Waals surface area contributed by atoms with E-state index in [-0.39, 0.29) is 0 Å². The molecule has 0 aliphatic carbocycles. The standard InChI is InChI=1S/C10H7N5/c1-2-8-9(13-6-12-8)3-7(1)10-14-4-11-5-15-10/h1-6H,(H,12,13). The second kappa shape index (κ2) is 3.13. The van der Waals surface area contributed by atoms with Crippen molar-refractivity contribution in [1.82, 2.24) is 24.9 Å². The maximum absolute atomic E-state index is 4.14. The van der Waals surface area contributed by atoms with E-state index in [1.807, 2.05) is 18.2 Å². The van der Waals surface area contributed by atoms with Crippen molar-refractivity contribution in [2.75, 3.05) is 0 Å². The molecule has 0 aliphatic heterocycles. The molecule has 0 bridgehead atoms. The fourth-order valence-corrected chi connectivity index (χ4v) is 1.46. The Bertz CT molecular complexity index is 587. The topological polar surface area (TPSA) is 67.3 Å². The Kier molecular flexibility index (Phi) is 1.68. The van der Waals surface area contributed by atoms with Crippen LogP contribution in [-0.4, -0.2) is 24.9 Å². The summed E-state index contributed by atoms with van der Waals surface area (Å²) in [6.45, 7) is 0. The summed E-state index contributed by atoms with van der Waals surface area (Å²) < 4.78 is 0. The lowest BCUT2D eigenvalue weighted by Gasteiger charge is -1.97. The highest BCUT2D eigenvalue weighted by molar-refractivity contribution is 5.79. The van der Waals surface area contributed by atoms with Crippen molar-refractivity contribution in [2.45, 2.75) is 0 Å². The van der Waals surface area contributed by atoms with E-state index in [0.29, 0.717) is 5.82 Å². The van der Waals surface area contributed by atoms with Crippen molar-refractivity contribution in [2.24, 2.45) is 0 Å². The quantitative estimate of drug-likeness (QED) is 0.640. The number of aromatic nitrogens is 5. The number of nitrogens with zero attached hydrogens (tertiary/aromatic N) is 4. The molecule has 2 heterocycles. The third kappa shape index (κ3) is 1.34. The molecule has 5 heteroatoms. The molecule has 0 saturated carbocycles. The highest BCUT2D eigenvalue weighted by Gasteiger charge is 2.02. The second-order valence-corrected chi connectivity index (χ2v) is 3.10. The molecular weight excluding hydrogens is 190 g/mol. The largest absolute Gasteiger partial charge is 0.345 e. The van der Waals surface area contributed by atoms with E-state index in [4.69, 9.17) is 0 Å². The molecule has 3 rings (SSSR count). The van der Waals surface area contributed by atoms with E-state index < -0.39 is 0 Å². The highest BCUT2D eigenvalue weighted by atomic mass is 15.0. The molecule has 15 heavy (non-hydrogen) atoms. The van der Waals surface area contributed by atoms with Crippen molar-refractivity contribution < 1.29 is 0 Å². The zero-order valence-electron chi connectivity index (χ0n) is 7.75. The van der Waals surface area contributed by atoms with Crippen LogP contribution in [0.25, 0.3) is 22.4 Å². The van der Waals surface area contributed by atoms with Crippen LogP contribution in [0.15, 0.2) is 37.2 Å². The zero-order valence-corrected chi connectivity index (χ0v) is 7.75. The summed E-state index contributed by atoms with van der Waals surface area (Å²) in [5.41, 5.74) is 2.87. The Morgan fingerprint density at radius 1 is 1.00 bits per heavy atom. The van der Waals surface area contributed by atoms with Gasteiger partial charge in [-0.05, 0) is 18.2 Å². The third-order valence-corrected chi connectivity index (χ3v) is 2.17. The van der Waals surface area contributed by atoms with Gasteiger partial charge in [0.15, 0.2) is 5.82 Å². The van der Waals surface area contributed by atoms with Crippen molar-refractivity contribution >= 4 is 11.0 Å². The van der Waals surface area contributed by atoms with Gasteiger partial charge in [0.25, 0.3) is 0 Å². The van der Waals surface area contributed by atoms with E-state index >= 15 is 0 Å². The summed E-state index contributed by atoms with van der Waals surface area (Å²) in [7, 11) is 0. The fraction of sp³-hybridized carbons (Fsp3) is 0. The van der Waals surface area contributed by atoms with Gasteiger partial charge in [-0.2, -0.15) is 0 Å². The maximum Gasteiger partial charge on any atom is 0.162 e. The number of imidazole rings is 1. The lowest BCUT2D eigenvalue weighted by Crippen LogP contribution is -1.88. The molecule has 0 unspecified atom stereocenters. The Morgan fingerprint density at radius 3 is 2.73 bits per heavy atom. The van der Waals surface area contributed by atoms with Crippen molar-refractivity contribution in [3.63, 3.8) is 0 Å². The minimum atomic E-state index is 0.668. The Balaban J connectivity index is 2.19. The monoisotopic (exact) mass is 197 g/mol. The van der Waals surface area contributed by atoms with Gasteiger partial charge in [0.05, 0.1) is 17.4 Å². The average molecular weight is 197 g/mol. The molecule has 3 aromatic rings. The summed E-state index contributed by atoms with van der Waals surface area (Å²) in [5.74, 6) is 0.668. The molecule has 0 fully saturated rings. The SMILES string of the molecule is c1ncnc(-c2ccc3nc[nH]c3c2)n1. The average Bonchev–Trinajstić information content (AvgIpc) is 2.77. The molecule has 0 radical (unpaired) electrons.